The SMILES string of the molecule is C=C/C=C\C=C/CCOC(=O)NCC(=O)NCC(=O)N1CCC[C@@H]1C(=O)N[C@H](/C=C/S(C)(=O)=O)CC(=O)OC(C)(C)C. The van der Waals surface area contributed by atoms with E-state index in [0.29, 0.717) is 19.3 Å². The zero-order valence-corrected chi connectivity index (χ0v) is 25.4. The third kappa shape index (κ3) is 16.4. The lowest BCUT2D eigenvalue weighted by atomic mass is 10.1. The number of hydrogen-bond donors (Lipinski definition) is 3. The zero-order chi connectivity index (χ0) is 31.8. The summed E-state index contributed by atoms with van der Waals surface area (Å²) in [4.78, 5) is 63.3. The second kappa shape index (κ2) is 17.8. The normalized spacial score (nSPS) is 16.4. The number of amides is 4. The van der Waals surface area contributed by atoms with Crippen LogP contribution in [0.3, 0.4) is 0 Å². The summed E-state index contributed by atoms with van der Waals surface area (Å²) < 4.78 is 33.4. The van der Waals surface area contributed by atoms with Crippen molar-refractivity contribution in [2.75, 3.05) is 32.5 Å². The van der Waals surface area contributed by atoms with Crippen molar-refractivity contribution >= 4 is 39.6 Å². The maximum atomic E-state index is 13.1. The number of carbonyl (C=O) groups is 5. The number of likely N-dealkylation sites (tertiary alicyclic amines) is 1. The van der Waals surface area contributed by atoms with Gasteiger partial charge in [0.1, 0.15) is 18.2 Å². The number of ether oxygens (including phenoxy) is 2. The van der Waals surface area contributed by atoms with E-state index in [2.05, 4.69) is 22.5 Å². The van der Waals surface area contributed by atoms with Gasteiger partial charge in [-0.15, -0.1) is 0 Å². The second-order valence-electron chi connectivity index (χ2n) is 10.4. The molecule has 0 radical (unpaired) electrons. The number of rotatable bonds is 15. The molecule has 13 nitrogen and oxygen atoms in total. The summed E-state index contributed by atoms with van der Waals surface area (Å²) >= 11 is 0. The molecule has 0 saturated carbocycles. The van der Waals surface area contributed by atoms with Gasteiger partial charge < -0.3 is 30.3 Å². The fourth-order valence-corrected chi connectivity index (χ4v) is 4.14. The van der Waals surface area contributed by atoms with Crippen molar-refractivity contribution in [3.8, 4) is 0 Å². The van der Waals surface area contributed by atoms with Gasteiger partial charge in [0.05, 0.1) is 25.6 Å². The number of carbonyl (C=O) groups excluding carboxylic acids is 5. The van der Waals surface area contributed by atoms with E-state index in [1.807, 2.05) is 0 Å². The average Bonchev–Trinajstić information content (AvgIpc) is 3.37. The molecule has 0 aromatic heterocycles. The van der Waals surface area contributed by atoms with E-state index in [0.717, 1.165) is 11.7 Å². The van der Waals surface area contributed by atoms with Crippen LogP contribution in [0.2, 0.25) is 0 Å². The largest absolute Gasteiger partial charge is 0.460 e. The van der Waals surface area contributed by atoms with E-state index in [1.165, 1.54) is 11.0 Å². The third-order valence-electron chi connectivity index (χ3n) is 5.41. The lowest BCUT2D eigenvalue weighted by Crippen LogP contribution is -2.51. The van der Waals surface area contributed by atoms with Crippen molar-refractivity contribution in [1.82, 2.24) is 20.9 Å². The summed E-state index contributed by atoms with van der Waals surface area (Å²) in [5, 5.41) is 8.19. The Morgan fingerprint density at radius 2 is 1.79 bits per heavy atom. The molecule has 0 aromatic rings. The number of sulfone groups is 1. The van der Waals surface area contributed by atoms with Crippen LogP contribution in [0.1, 0.15) is 46.5 Å². The molecule has 234 valence electrons. The van der Waals surface area contributed by atoms with Crippen LogP contribution < -0.4 is 16.0 Å². The monoisotopic (exact) mass is 610 g/mol. The molecule has 0 aromatic carbocycles. The first-order chi connectivity index (χ1) is 19.6. The van der Waals surface area contributed by atoms with Gasteiger partial charge in [0, 0.05) is 18.2 Å². The van der Waals surface area contributed by atoms with Gasteiger partial charge in [-0.2, -0.15) is 0 Å². The molecule has 1 rings (SSSR count). The van der Waals surface area contributed by atoms with Crippen LogP contribution in [0.15, 0.2) is 48.4 Å². The van der Waals surface area contributed by atoms with Gasteiger partial charge in [0.2, 0.25) is 17.7 Å². The minimum absolute atomic E-state index is 0.117. The topological polar surface area (TPSA) is 177 Å². The lowest BCUT2D eigenvalue weighted by molar-refractivity contribution is -0.155. The molecule has 4 amide bonds. The molecular formula is C28H42N4O9S. The Bertz CT molecular complexity index is 1170. The predicted molar refractivity (Wildman–Crippen MR) is 157 cm³/mol. The van der Waals surface area contributed by atoms with E-state index in [-0.39, 0.29) is 19.6 Å². The summed E-state index contributed by atoms with van der Waals surface area (Å²) in [6.45, 7) is 8.15. The molecule has 3 N–H and O–H groups in total. The van der Waals surface area contributed by atoms with Crippen LogP contribution in [0.5, 0.6) is 0 Å². The Labute approximate surface area is 247 Å². The quantitative estimate of drug-likeness (QED) is 0.140. The Morgan fingerprint density at radius 3 is 2.43 bits per heavy atom. The number of alkyl carbamates (subject to hydrolysis) is 1. The Morgan fingerprint density at radius 1 is 1.07 bits per heavy atom. The number of allylic oxidation sites excluding steroid dienone is 4. The smallest absolute Gasteiger partial charge is 0.407 e. The first-order valence-electron chi connectivity index (χ1n) is 13.4. The molecule has 0 unspecified atom stereocenters. The fraction of sp³-hybridized carbons (Fsp3) is 0.536. The number of esters is 1. The molecule has 1 saturated heterocycles. The molecule has 1 aliphatic rings. The highest BCUT2D eigenvalue weighted by Gasteiger charge is 2.35. The highest BCUT2D eigenvalue weighted by atomic mass is 32.2. The van der Waals surface area contributed by atoms with Gasteiger partial charge in [-0.25, -0.2) is 13.2 Å². The third-order valence-corrected chi connectivity index (χ3v) is 6.06. The van der Waals surface area contributed by atoms with Gasteiger partial charge in [-0.05, 0) is 40.0 Å². The standard InChI is InChI=1S/C28H42N4O9S/c1-6-7-8-9-10-11-16-40-27(37)30-19-23(33)29-20-24(34)32-15-12-13-22(32)26(36)31-21(14-17-42(5,38)39)18-25(35)41-28(2,3)4/h6-10,14,17,21-22H,1,11-13,15-16,18-20H2,2-5H3,(H,29,33)(H,30,37)(H,31,36)/b8-7-,10-9-,17-14+/t21-,22-/m1/s1. The van der Waals surface area contributed by atoms with Gasteiger partial charge in [-0.3, -0.25) is 19.2 Å². The first-order valence-corrected chi connectivity index (χ1v) is 15.4. The highest BCUT2D eigenvalue weighted by molar-refractivity contribution is 7.93. The minimum atomic E-state index is -3.54. The van der Waals surface area contributed by atoms with Crippen LogP contribution in [-0.4, -0.2) is 93.3 Å². The molecule has 42 heavy (non-hydrogen) atoms. The van der Waals surface area contributed by atoms with Crippen molar-refractivity contribution in [2.45, 2.75) is 64.1 Å². The number of hydrogen-bond acceptors (Lipinski definition) is 9. The molecule has 0 bridgehead atoms. The summed E-state index contributed by atoms with van der Waals surface area (Å²) in [7, 11) is -3.54. The molecule has 1 aliphatic heterocycles. The van der Waals surface area contributed by atoms with Gasteiger partial charge in [0.25, 0.3) is 0 Å². The summed E-state index contributed by atoms with van der Waals surface area (Å²) in [5.74, 6) is -2.36. The molecule has 14 heteroatoms. The fourth-order valence-electron chi connectivity index (χ4n) is 3.66. The first kappa shape index (κ1) is 36.1. The maximum absolute atomic E-state index is 13.1. The van der Waals surface area contributed by atoms with Crippen LogP contribution in [-0.2, 0) is 38.5 Å². The molecule has 0 aliphatic carbocycles. The van der Waals surface area contributed by atoms with Crippen LogP contribution in [0.25, 0.3) is 0 Å². The van der Waals surface area contributed by atoms with Crippen molar-refractivity contribution in [1.29, 1.82) is 0 Å². The number of nitrogens with zero attached hydrogens (tertiary/aromatic N) is 1. The van der Waals surface area contributed by atoms with Crippen molar-refractivity contribution in [3.63, 3.8) is 0 Å². The van der Waals surface area contributed by atoms with Gasteiger partial charge >= 0.3 is 12.1 Å². The summed E-state index contributed by atoms with van der Waals surface area (Å²) in [5.41, 5.74) is -0.776. The summed E-state index contributed by atoms with van der Waals surface area (Å²) in [6, 6.07) is -1.87. The Balaban J connectivity index is 2.61. The van der Waals surface area contributed by atoms with Gasteiger partial charge in [-0.1, -0.05) is 43.0 Å². The van der Waals surface area contributed by atoms with Crippen LogP contribution >= 0.6 is 0 Å². The molecule has 1 heterocycles. The Hall–Kier alpha value is -3.94. The summed E-state index contributed by atoms with van der Waals surface area (Å²) in [6.07, 6.45) is 11.1. The molecular weight excluding hydrogens is 568 g/mol. The molecule has 2 atom stereocenters. The van der Waals surface area contributed by atoms with Crippen LogP contribution in [0.4, 0.5) is 4.79 Å². The van der Waals surface area contributed by atoms with E-state index >= 15 is 0 Å². The molecule has 1 fully saturated rings. The van der Waals surface area contributed by atoms with E-state index in [1.54, 1.807) is 51.2 Å². The Kier molecular flexibility index (Phi) is 15.3. The predicted octanol–water partition coefficient (Wildman–Crippen LogP) is 1.28. The van der Waals surface area contributed by atoms with E-state index < -0.39 is 70.4 Å². The van der Waals surface area contributed by atoms with Crippen molar-refractivity contribution in [2.24, 2.45) is 0 Å². The second-order valence-corrected chi connectivity index (χ2v) is 12.3. The van der Waals surface area contributed by atoms with E-state index in [9.17, 15) is 32.4 Å². The lowest BCUT2D eigenvalue weighted by Gasteiger charge is -2.26. The van der Waals surface area contributed by atoms with Gasteiger partial charge in [0.15, 0.2) is 9.84 Å². The highest BCUT2D eigenvalue weighted by Crippen LogP contribution is 2.18. The average molecular weight is 611 g/mol. The maximum Gasteiger partial charge on any atom is 0.407 e. The minimum Gasteiger partial charge on any atom is -0.460 e. The molecule has 0 spiro atoms. The van der Waals surface area contributed by atoms with Crippen molar-refractivity contribution < 1.29 is 41.9 Å². The van der Waals surface area contributed by atoms with Crippen molar-refractivity contribution in [3.05, 3.63) is 48.4 Å². The van der Waals surface area contributed by atoms with Crippen LogP contribution in [0, 0.1) is 0 Å². The number of nitrogens with one attached hydrogen (secondary N) is 3. The van der Waals surface area contributed by atoms with E-state index in [4.69, 9.17) is 9.47 Å². The zero-order valence-electron chi connectivity index (χ0n) is 24.6.